The quantitative estimate of drug-likeness (QED) is 0.669. The van der Waals surface area contributed by atoms with Crippen LogP contribution in [0.4, 0.5) is 0 Å². The van der Waals surface area contributed by atoms with Crippen molar-refractivity contribution in [3.8, 4) is 0 Å². The smallest absolute Gasteiger partial charge is 0.134 e. The highest BCUT2D eigenvalue weighted by Gasteiger charge is 2.48. The molecule has 4 atom stereocenters. The first-order valence-electron chi connectivity index (χ1n) is 4.91. The predicted octanol–water partition coefficient (Wildman–Crippen LogP) is 1.21. The van der Waals surface area contributed by atoms with Gasteiger partial charge in [0.15, 0.2) is 0 Å². The third kappa shape index (κ3) is 1.01. The molecule has 2 fully saturated rings. The molecule has 2 aliphatic rings. The number of carbonyl (C=O) groups is 1. The van der Waals surface area contributed by atoms with Crippen molar-refractivity contribution in [2.24, 2.45) is 17.8 Å². The summed E-state index contributed by atoms with van der Waals surface area (Å²) in [6.07, 6.45) is 3.91. The van der Waals surface area contributed by atoms with E-state index in [0.29, 0.717) is 23.7 Å². The van der Waals surface area contributed by atoms with E-state index in [1.165, 1.54) is 19.3 Å². The second-order valence-corrected chi connectivity index (χ2v) is 4.28. The van der Waals surface area contributed by atoms with E-state index in [1.807, 2.05) is 7.05 Å². The standard InChI is InChI=1S/C10H17NO/c1-6(12)9-7-3-4-8(5-7)10(9)11-2/h7-11H,3-5H2,1-2H3/t7-,8+,9+,10-/m0/s1. The highest BCUT2D eigenvalue weighted by molar-refractivity contribution is 5.80. The first kappa shape index (κ1) is 8.24. The number of rotatable bonds is 2. The zero-order chi connectivity index (χ0) is 8.72. The molecule has 2 heteroatoms. The molecule has 2 rings (SSSR count). The van der Waals surface area contributed by atoms with Gasteiger partial charge in [0.25, 0.3) is 0 Å². The number of hydrogen-bond acceptors (Lipinski definition) is 2. The van der Waals surface area contributed by atoms with Gasteiger partial charge in [-0.25, -0.2) is 0 Å². The maximum Gasteiger partial charge on any atom is 0.134 e. The Morgan fingerprint density at radius 2 is 2.00 bits per heavy atom. The molecule has 1 N–H and O–H groups in total. The molecule has 0 aromatic heterocycles. The lowest BCUT2D eigenvalue weighted by Crippen LogP contribution is -2.41. The van der Waals surface area contributed by atoms with Crippen LogP contribution in [-0.2, 0) is 4.79 Å². The molecule has 0 aromatic carbocycles. The van der Waals surface area contributed by atoms with Gasteiger partial charge in [-0.15, -0.1) is 0 Å². The van der Waals surface area contributed by atoms with Crippen molar-refractivity contribution in [3.05, 3.63) is 0 Å². The number of hydrogen-bond donors (Lipinski definition) is 1. The Morgan fingerprint density at radius 1 is 1.33 bits per heavy atom. The lowest BCUT2D eigenvalue weighted by atomic mass is 9.82. The van der Waals surface area contributed by atoms with Crippen molar-refractivity contribution >= 4 is 5.78 Å². The molecule has 2 aliphatic carbocycles. The van der Waals surface area contributed by atoms with Crippen LogP contribution in [0.15, 0.2) is 0 Å². The van der Waals surface area contributed by atoms with E-state index in [2.05, 4.69) is 5.32 Å². The third-order valence-corrected chi connectivity index (χ3v) is 3.72. The molecule has 0 aromatic rings. The average Bonchev–Trinajstić information content (AvgIpc) is 2.60. The largest absolute Gasteiger partial charge is 0.316 e. The highest BCUT2D eigenvalue weighted by atomic mass is 16.1. The van der Waals surface area contributed by atoms with E-state index >= 15 is 0 Å². The Bertz CT molecular complexity index is 202. The van der Waals surface area contributed by atoms with E-state index < -0.39 is 0 Å². The van der Waals surface area contributed by atoms with Gasteiger partial charge in [-0.3, -0.25) is 4.79 Å². The summed E-state index contributed by atoms with van der Waals surface area (Å²) in [4.78, 5) is 11.4. The molecule has 0 heterocycles. The second kappa shape index (κ2) is 2.84. The Labute approximate surface area is 73.7 Å². The Hall–Kier alpha value is -0.370. The number of nitrogens with one attached hydrogen (secondary N) is 1. The molecular formula is C10H17NO. The summed E-state index contributed by atoms with van der Waals surface area (Å²) in [7, 11) is 1.99. The molecular weight excluding hydrogens is 150 g/mol. The molecule has 12 heavy (non-hydrogen) atoms. The summed E-state index contributed by atoms with van der Waals surface area (Å²) in [6.45, 7) is 1.75. The molecule has 0 unspecified atom stereocenters. The van der Waals surface area contributed by atoms with Gasteiger partial charge in [0.1, 0.15) is 5.78 Å². The SMILES string of the molecule is CN[C@H]1[C@@H]2CC[C@@H](C2)[C@H]1C(C)=O. The minimum absolute atomic E-state index is 0.328. The van der Waals surface area contributed by atoms with Crippen LogP contribution in [0.3, 0.4) is 0 Å². The van der Waals surface area contributed by atoms with Crippen LogP contribution in [0.25, 0.3) is 0 Å². The molecule has 2 nitrogen and oxygen atoms in total. The monoisotopic (exact) mass is 167 g/mol. The summed E-state index contributed by atoms with van der Waals surface area (Å²) in [5.41, 5.74) is 0. The van der Waals surface area contributed by atoms with Gasteiger partial charge in [0.2, 0.25) is 0 Å². The summed E-state index contributed by atoms with van der Waals surface area (Å²) >= 11 is 0. The summed E-state index contributed by atoms with van der Waals surface area (Å²) in [5, 5.41) is 3.31. The van der Waals surface area contributed by atoms with Gasteiger partial charge in [0, 0.05) is 12.0 Å². The van der Waals surface area contributed by atoms with Crippen molar-refractivity contribution < 1.29 is 4.79 Å². The topological polar surface area (TPSA) is 29.1 Å². The van der Waals surface area contributed by atoms with E-state index in [4.69, 9.17) is 0 Å². The fourth-order valence-corrected chi connectivity index (χ4v) is 3.29. The third-order valence-electron chi connectivity index (χ3n) is 3.72. The minimum Gasteiger partial charge on any atom is -0.316 e. The number of fused-ring (bicyclic) bond motifs is 2. The maximum absolute atomic E-state index is 11.4. The Morgan fingerprint density at radius 3 is 2.50 bits per heavy atom. The van der Waals surface area contributed by atoms with Gasteiger partial charge in [0.05, 0.1) is 0 Å². The number of carbonyl (C=O) groups excluding carboxylic acids is 1. The van der Waals surface area contributed by atoms with Crippen molar-refractivity contribution in [2.75, 3.05) is 7.05 Å². The van der Waals surface area contributed by atoms with Gasteiger partial charge in [-0.2, -0.15) is 0 Å². The van der Waals surface area contributed by atoms with Crippen molar-refractivity contribution in [1.82, 2.24) is 5.32 Å². The normalized spacial score (nSPS) is 45.2. The average molecular weight is 167 g/mol. The number of ketones is 1. The van der Waals surface area contributed by atoms with Crippen LogP contribution in [0.1, 0.15) is 26.2 Å². The lowest BCUT2D eigenvalue weighted by molar-refractivity contribution is -0.122. The highest BCUT2D eigenvalue weighted by Crippen LogP contribution is 2.48. The minimum atomic E-state index is 0.328. The molecule has 68 valence electrons. The molecule has 2 saturated carbocycles. The van der Waals surface area contributed by atoms with Crippen LogP contribution in [0.5, 0.6) is 0 Å². The molecule has 0 aliphatic heterocycles. The summed E-state index contributed by atoms with van der Waals surface area (Å²) < 4.78 is 0. The van der Waals surface area contributed by atoms with Crippen molar-refractivity contribution in [3.63, 3.8) is 0 Å². The first-order chi connectivity index (χ1) is 5.74. The van der Waals surface area contributed by atoms with E-state index in [1.54, 1.807) is 6.92 Å². The summed E-state index contributed by atoms with van der Waals surface area (Å²) in [6, 6.07) is 0.487. The first-order valence-corrected chi connectivity index (χ1v) is 4.91. The molecule has 0 radical (unpaired) electrons. The fraction of sp³-hybridized carbons (Fsp3) is 0.900. The predicted molar refractivity (Wildman–Crippen MR) is 47.8 cm³/mol. The molecule has 2 bridgehead atoms. The maximum atomic E-state index is 11.4. The lowest BCUT2D eigenvalue weighted by Gasteiger charge is -2.28. The van der Waals surface area contributed by atoms with Gasteiger partial charge < -0.3 is 5.32 Å². The van der Waals surface area contributed by atoms with Gasteiger partial charge in [-0.05, 0) is 45.1 Å². The molecule has 0 spiro atoms. The van der Waals surface area contributed by atoms with Crippen LogP contribution in [0, 0.1) is 17.8 Å². The van der Waals surface area contributed by atoms with Crippen molar-refractivity contribution in [1.29, 1.82) is 0 Å². The van der Waals surface area contributed by atoms with Crippen LogP contribution >= 0.6 is 0 Å². The zero-order valence-corrected chi connectivity index (χ0v) is 7.84. The second-order valence-electron chi connectivity index (χ2n) is 4.28. The van der Waals surface area contributed by atoms with Crippen LogP contribution in [-0.4, -0.2) is 18.9 Å². The van der Waals surface area contributed by atoms with Crippen LogP contribution < -0.4 is 5.32 Å². The van der Waals surface area contributed by atoms with Crippen LogP contribution in [0.2, 0.25) is 0 Å². The summed E-state index contributed by atoms with van der Waals surface area (Å²) in [5.74, 6) is 2.20. The van der Waals surface area contributed by atoms with Gasteiger partial charge >= 0.3 is 0 Å². The Kier molecular flexibility index (Phi) is 1.95. The van der Waals surface area contributed by atoms with E-state index in [0.717, 1.165) is 5.92 Å². The fourth-order valence-electron chi connectivity index (χ4n) is 3.29. The van der Waals surface area contributed by atoms with E-state index in [9.17, 15) is 4.79 Å². The number of Topliss-reactive ketones (excluding diaryl/α,β-unsaturated/α-hetero) is 1. The molecule has 0 amide bonds. The zero-order valence-electron chi connectivity index (χ0n) is 7.84. The van der Waals surface area contributed by atoms with Crippen molar-refractivity contribution in [2.45, 2.75) is 32.2 Å². The van der Waals surface area contributed by atoms with Gasteiger partial charge in [-0.1, -0.05) is 0 Å². The Balaban J connectivity index is 2.16. The molecule has 0 saturated heterocycles. The van der Waals surface area contributed by atoms with E-state index in [-0.39, 0.29) is 0 Å².